The third kappa shape index (κ3) is 4.20. The van der Waals surface area contributed by atoms with Gasteiger partial charge >= 0.3 is 6.09 Å². The Balaban J connectivity index is 2.20. The molecule has 0 heterocycles. The van der Waals surface area contributed by atoms with Gasteiger partial charge in [0.05, 0.1) is 32.0 Å². The second kappa shape index (κ2) is 7.60. The quantitative estimate of drug-likeness (QED) is 0.853. The van der Waals surface area contributed by atoms with Crippen molar-refractivity contribution < 1.29 is 19.0 Å². The molecule has 0 aromatic heterocycles. The van der Waals surface area contributed by atoms with Gasteiger partial charge in [0.25, 0.3) is 0 Å². The maximum Gasteiger partial charge on any atom is 0.411 e. The molecule has 0 aliphatic carbocycles. The summed E-state index contributed by atoms with van der Waals surface area (Å²) in [6.45, 7) is 0. The molecule has 6 nitrogen and oxygen atoms in total. The number of rotatable bonds is 5. The maximum absolute atomic E-state index is 11.2. The van der Waals surface area contributed by atoms with Crippen LogP contribution in [0.3, 0.4) is 0 Å². The van der Waals surface area contributed by atoms with Crippen molar-refractivity contribution in [1.29, 1.82) is 0 Å². The third-order valence-corrected chi connectivity index (χ3v) is 3.36. The molecule has 1 amide bonds. The van der Waals surface area contributed by atoms with Crippen LogP contribution in [0.2, 0.25) is 5.02 Å². The number of anilines is 3. The largest absolute Gasteiger partial charge is 0.495 e. The first kappa shape index (κ1) is 16.8. The van der Waals surface area contributed by atoms with Crippen LogP contribution >= 0.6 is 11.6 Å². The molecule has 0 unspecified atom stereocenters. The van der Waals surface area contributed by atoms with Gasteiger partial charge in [-0.15, -0.1) is 0 Å². The molecule has 0 bridgehead atoms. The number of ether oxygens (including phenoxy) is 3. The van der Waals surface area contributed by atoms with Gasteiger partial charge in [-0.05, 0) is 24.3 Å². The third-order valence-electron chi connectivity index (χ3n) is 3.07. The number of carbonyl (C=O) groups is 1. The van der Waals surface area contributed by atoms with Crippen LogP contribution in [-0.2, 0) is 4.74 Å². The van der Waals surface area contributed by atoms with Crippen LogP contribution in [0.25, 0.3) is 0 Å². The molecular weight excluding hydrogens is 320 g/mol. The molecule has 0 saturated heterocycles. The smallest absolute Gasteiger partial charge is 0.411 e. The van der Waals surface area contributed by atoms with Crippen LogP contribution in [0.5, 0.6) is 11.5 Å². The summed E-state index contributed by atoms with van der Waals surface area (Å²) in [6.07, 6.45) is -0.519. The van der Waals surface area contributed by atoms with Gasteiger partial charge in [0.1, 0.15) is 11.5 Å². The number of carbonyl (C=O) groups excluding carboxylic acids is 1. The summed E-state index contributed by atoms with van der Waals surface area (Å²) < 4.78 is 15.1. The van der Waals surface area contributed by atoms with E-state index >= 15 is 0 Å². The number of halogens is 1. The van der Waals surface area contributed by atoms with Crippen molar-refractivity contribution in [1.82, 2.24) is 0 Å². The van der Waals surface area contributed by atoms with E-state index in [1.54, 1.807) is 38.5 Å². The van der Waals surface area contributed by atoms with E-state index < -0.39 is 6.09 Å². The SMILES string of the molecule is COC(=O)Nc1ccc(Nc2cc(OC)c(Cl)cc2OC)cc1. The van der Waals surface area contributed by atoms with Crippen molar-refractivity contribution in [3.8, 4) is 11.5 Å². The Hall–Kier alpha value is -2.60. The number of methoxy groups -OCH3 is 3. The summed E-state index contributed by atoms with van der Waals surface area (Å²) in [5.74, 6) is 1.13. The Morgan fingerprint density at radius 2 is 1.57 bits per heavy atom. The highest BCUT2D eigenvalue weighted by Crippen LogP contribution is 2.37. The highest BCUT2D eigenvalue weighted by Gasteiger charge is 2.10. The van der Waals surface area contributed by atoms with E-state index in [9.17, 15) is 4.79 Å². The molecule has 2 rings (SSSR count). The molecule has 0 aliphatic heterocycles. The number of hydrogen-bond donors (Lipinski definition) is 2. The van der Waals surface area contributed by atoms with Crippen LogP contribution in [0.15, 0.2) is 36.4 Å². The summed E-state index contributed by atoms with van der Waals surface area (Å²) in [5.41, 5.74) is 2.15. The molecule has 2 aromatic carbocycles. The molecule has 2 N–H and O–H groups in total. The normalized spacial score (nSPS) is 9.91. The van der Waals surface area contributed by atoms with E-state index in [4.69, 9.17) is 21.1 Å². The first-order valence-corrected chi connectivity index (χ1v) is 7.08. The van der Waals surface area contributed by atoms with Crippen molar-refractivity contribution >= 4 is 34.8 Å². The van der Waals surface area contributed by atoms with Gasteiger partial charge in [0, 0.05) is 23.5 Å². The molecule has 122 valence electrons. The van der Waals surface area contributed by atoms with Crippen LogP contribution in [-0.4, -0.2) is 27.4 Å². The Bertz CT molecular complexity index is 689. The number of amides is 1. The summed E-state index contributed by atoms with van der Waals surface area (Å²) in [4.78, 5) is 11.2. The maximum atomic E-state index is 11.2. The second-order valence-corrected chi connectivity index (χ2v) is 4.91. The van der Waals surface area contributed by atoms with Crippen LogP contribution in [0, 0.1) is 0 Å². The minimum absolute atomic E-state index is 0.465. The zero-order valence-corrected chi connectivity index (χ0v) is 13.7. The topological polar surface area (TPSA) is 68.8 Å². The first-order chi connectivity index (χ1) is 11.1. The average molecular weight is 337 g/mol. The molecule has 0 radical (unpaired) electrons. The van der Waals surface area contributed by atoms with Gasteiger partial charge in [-0.25, -0.2) is 4.79 Å². The summed E-state index contributed by atoms with van der Waals surface area (Å²) >= 11 is 6.08. The van der Waals surface area contributed by atoms with Crippen molar-refractivity contribution in [3.63, 3.8) is 0 Å². The zero-order valence-electron chi connectivity index (χ0n) is 13.0. The van der Waals surface area contributed by atoms with Gasteiger partial charge in [-0.1, -0.05) is 11.6 Å². The molecule has 0 aliphatic rings. The molecular formula is C16H17ClN2O4. The van der Waals surface area contributed by atoms with E-state index in [2.05, 4.69) is 15.4 Å². The predicted molar refractivity (Wildman–Crippen MR) is 90.3 cm³/mol. The Morgan fingerprint density at radius 3 is 2.13 bits per heavy atom. The minimum Gasteiger partial charge on any atom is -0.495 e. The number of nitrogens with one attached hydrogen (secondary N) is 2. The van der Waals surface area contributed by atoms with Gasteiger partial charge in [0.2, 0.25) is 0 Å². The molecule has 0 saturated carbocycles. The van der Waals surface area contributed by atoms with E-state index in [-0.39, 0.29) is 0 Å². The lowest BCUT2D eigenvalue weighted by molar-refractivity contribution is 0.187. The lowest BCUT2D eigenvalue weighted by Gasteiger charge is -2.14. The van der Waals surface area contributed by atoms with Crippen molar-refractivity contribution in [2.45, 2.75) is 0 Å². The molecule has 0 fully saturated rings. The van der Waals surface area contributed by atoms with Gasteiger partial charge < -0.3 is 19.5 Å². The summed E-state index contributed by atoms with van der Waals surface area (Å²) in [7, 11) is 4.42. The lowest BCUT2D eigenvalue weighted by Crippen LogP contribution is -2.10. The van der Waals surface area contributed by atoms with Crippen LogP contribution in [0.4, 0.5) is 21.9 Å². The van der Waals surface area contributed by atoms with Crippen molar-refractivity contribution in [3.05, 3.63) is 41.4 Å². The Morgan fingerprint density at radius 1 is 0.957 bits per heavy atom. The Labute approximate surface area is 139 Å². The zero-order chi connectivity index (χ0) is 16.8. The minimum atomic E-state index is -0.519. The standard InChI is InChI=1S/C16H17ClN2O4/c1-21-14-9-13(15(22-2)8-12(14)17)18-10-4-6-11(7-5-10)19-16(20)23-3/h4-9,18H,1-3H3,(H,19,20). The van der Waals surface area contributed by atoms with Gasteiger partial charge in [-0.2, -0.15) is 0 Å². The monoisotopic (exact) mass is 336 g/mol. The predicted octanol–water partition coefficient (Wildman–Crippen LogP) is 4.28. The van der Waals surface area contributed by atoms with E-state index in [1.165, 1.54) is 7.11 Å². The fourth-order valence-corrected chi connectivity index (χ4v) is 2.15. The Kier molecular flexibility index (Phi) is 5.54. The van der Waals surface area contributed by atoms with Crippen LogP contribution in [0.1, 0.15) is 0 Å². The van der Waals surface area contributed by atoms with Gasteiger partial charge in [-0.3, -0.25) is 5.32 Å². The molecule has 0 atom stereocenters. The lowest BCUT2D eigenvalue weighted by atomic mass is 10.2. The van der Waals surface area contributed by atoms with E-state index in [1.807, 2.05) is 12.1 Å². The fraction of sp³-hybridized carbons (Fsp3) is 0.188. The van der Waals surface area contributed by atoms with Crippen LogP contribution < -0.4 is 20.1 Å². The molecule has 23 heavy (non-hydrogen) atoms. The molecule has 2 aromatic rings. The number of hydrogen-bond acceptors (Lipinski definition) is 5. The highest BCUT2D eigenvalue weighted by molar-refractivity contribution is 6.32. The van der Waals surface area contributed by atoms with Crippen molar-refractivity contribution in [2.24, 2.45) is 0 Å². The first-order valence-electron chi connectivity index (χ1n) is 6.71. The van der Waals surface area contributed by atoms with Gasteiger partial charge in [0.15, 0.2) is 0 Å². The highest BCUT2D eigenvalue weighted by atomic mass is 35.5. The van der Waals surface area contributed by atoms with E-state index in [0.717, 1.165) is 5.69 Å². The summed E-state index contributed by atoms with van der Waals surface area (Å²) in [5, 5.41) is 6.26. The second-order valence-electron chi connectivity index (χ2n) is 4.51. The van der Waals surface area contributed by atoms with Crippen molar-refractivity contribution in [2.75, 3.05) is 32.0 Å². The van der Waals surface area contributed by atoms with E-state index in [0.29, 0.717) is 27.9 Å². The fourth-order valence-electron chi connectivity index (χ4n) is 1.92. The average Bonchev–Trinajstić information content (AvgIpc) is 2.57. The number of benzene rings is 2. The molecule has 0 spiro atoms. The molecule has 7 heteroatoms. The summed E-state index contributed by atoms with van der Waals surface area (Å²) in [6, 6.07) is 10.5.